The van der Waals surface area contributed by atoms with Gasteiger partial charge in [0, 0.05) is 19.0 Å². The second-order valence-electron chi connectivity index (χ2n) is 6.59. The van der Waals surface area contributed by atoms with Gasteiger partial charge in [0.1, 0.15) is 0 Å². The molecule has 2 aliphatic rings. The Kier molecular flexibility index (Phi) is 3.84. The fourth-order valence-corrected chi connectivity index (χ4v) is 3.99. The number of nitrogens with zero attached hydrogens (tertiary/aromatic N) is 3. The summed E-state index contributed by atoms with van der Waals surface area (Å²) >= 11 is 0. The second-order valence-corrected chi connectivity index (χ2v) is 6.59. The molecule has 1 amide bonds. The van der Waals surface area contributed by atoms with Gasteiger partial charge in [-0.3, -0.25) is 9.59 Å². The van der Waals surface area contributed by atoms with Crippen LogP contribution >= 0.6 is 0 Å². The predicted molar refractivity (Wildman–Crippen MR) is 89.8 cm³/mol. The highest BCUT2D eigenvalue weighted by molar-refractivity contribution is 5.88. The first-order chi connectivity index (χ1) is 11.6. The van der Waals surface area contributed by atoms with Gasteiger partial charge in [-0.15, -0.1) is 0 Å². The summed E-state index contributed by atoms with van der Waals surface area (Å²) in [6.07, 6.45) is 3.57. The van der Waals surface area contributed by atoms with Crippen molar-refractivity contribution >= 4 is 16.7 Å². The number of ether oxygens (including phenoxy) is 1. The highest BCUT2D eigenvalue weighted by Crippen LogP contribution is 2.30. The number of carbonyl (C=O) groups excluding carboxylic acids is 1. The molecule has 0 N–H and O–H groups in total. The molecular formula is C18H21N3O3. The van der Waals surface area contributed by atoms with Gasteiger partial charge in [0.15, 0.2) is 0 Å². The molecule has 2 atom stereocenters. The third kappa shape index (κ3) is 2.51. The minimum Gasteiger partial charge on any atom is -0.374 e. The van der Waals surface area contributed by atoms with Crippen LogP contribution in [0.2, 0.25) is 0 Å². The molecule has 6 heteroatoms. The Hall–Kier alpha value is -2.21. The number of amides is 1. The molecule has 1 aliphatic carbocycles. The van der Waals surface area contributed by atoms with Crippen molar-refractivity contribution in [3.63, 3.8) is 0 Å². The molecule has 0 unspecified atom stereocenters. The standard InChI is InChI=1S/C18H21N3O3/c1-20-18(23)13-6-3-2-5-12(13)14(19-20)11-17(22)21-9-10-24-16-8-4-7-15(16)21/h2-3,5-6,15-16H,4,7-11H2,1H3/t15-,16+/m1/s1. The maximum absolute atomic E-state index is 12.9. The normalized spacial score (nSPS) is 23.5. The van der Waals surface area contributed by atoms with Gasteiger partial charge >= 0.3 is 0 Å². The van der Waals surface area contributed by atoms with Gasteiger partial charge in [-0.05, 0) is 25.3 Å². The van der Waals surface area contributed by atoms with E-state index < -0.39 is 0 Å². The first-order valence-corrected chi connectivity index (χ1v) is 8.51. The van der Waals surface area contributed by atoms with E-state index in [2.05, 4.69) is 5.10 Å². The molecule has 1 aromatic carbocycles. The summed E-state index contributed by atoms with van der Waals surface area (Å²) in [6.45, 7) is 1.25. The van der Waals surface area contributed by atoms with Gasteiger partial charge in [-0.1, -0.05) is 18.2 Å². The molecule has 1 aliphatic heterocycles. The van der Waals surface area contributed by atoms with E-state index in [0.717, 1.165) is 24.6 Å². The first-order valence-electron chi connectivity index (χ1n) is 8.51. The third-order valence-electron chi connectivity index (χ3n) is 5.15. The monoisotopic (exact) mass is 327 g/mol. The lowest BCUT2D eigenvalue weighted by atomic mass is 10.1. The Morgan fingerprint density at radius 1 is 1.29 bits per heavy atom. The summed E-state index contributed by atoms with van der Waals surface area (Å²) in [6, 6.07) is 7.56. The molecule has 1 aromatic heterocycles. The van der Waals surface area contributed by atoms with E-state index in [1.807, 2.05) is 23.1 Å². The van der Waals surface area contributed by atoms with Crippen molar-refractivity contribution in [2.45, 2.75) is 37.8 Å². The molecule has 4 rings (SSSR count). The average Bonchev–Trinajstić information content (AvgIpc) is 3.08. The van der Waals surface area contributed by atoms with Crippen molar-refractivity contribution in [1.29, 1.82) is 0 Å². The molecule has 2 heterocycles. The van der Waals surface area contributed by atoms with Crippen LogP contribution in [0.3, 0.4) is 0 Å². The summed E-state index contributed by atoms with van der Waals surface area (Å²) in [5, 5.41) is 5.73. The Morgan fingerprint density at radius 3 is 2.92 bits per heavy atom. The van der Waals surface area contributed by atoms with Gasteiger partial charge in [0.05, 0.1) is 36.3 Å². The zero-order valence-electron chi connectivity index (χ0n) is 13.8. The Balaban J connectivity index is 1.66. The van der Waals surface area contributed by atoms with Crippen LogP contribution in [-0.2, 0) is 23.0 Å². The highest BCUT2D eigenvalue weighted by Gasteiger charge is 2.38. The Labute approximate surface area is 140 Å². The van der Waals surface area contributed by atoms with Gasteiger partial charge in [-0.25, -0.2) is 4.68 Å². The van der Waals surface area contributed by atoms with Gasteiger partial charge in [0.2, 0.25) is 5.91 Å². The molecule has 0 bridgehead atoms. The molecule has 0 spiro atoms. The van der Waals surface area contributed by atoms with Crippen molar-refractivity contribution in [1.82, 2.24) is 14.7 Å². The van der Waals surface area contributed by atoms with Crippen LogP contribution in [0.25, 0.3) is 10.8 Å². The van der Waals surface area contributed by atoms with Gasteiger partial charge in [-0.2, -0.15) is 5.10 Å². The zero-order chi connectivity index (χ0) is 16.7. The van der Waals surface area contributed by atoms with Crippen LogP contribution < -0.4 is 5.56 Å². The minimum atomic E-state index is -0.135. The van der Waals surface area contributed by atoms with Crippen LogP contribution in [0, 0.1) is 0 Å². The van der Waals surface area contributed by atoms with Crippen molar-refractivity contribution in [2.75, 3.05) is 13.2 Å². The maximum atomic E-state index is 12.9. The molecule has 1 saturated carbocycles. The lowest BCUT2D eigenvalue weighted by Gasteiger charge is -2.37. The number of aromatic nitrogens is 2. The molecule has 2 aromatic rings. The number of morpholine rings is 1. The van der Waals surface area contributed by atoms with Crippen LogP contribution in [0.5, 0.6) is 0 Å². The topological polar surface area (TPSA) is 64.4 Å². The number of hydrogen-bond acceptors (Lipinski definition) is 4. The molecule has 2 fully saturated rings. The van der Waals surface area contributed by atoms with E-state index in [1.54, 1.807) is 13.1 Å². The van der Waals surface area contributed by atoms with E-state index in [-0.39, 0.29) is 30.0 Å². The maximum Gasteiger partial charge on any atom is 0.274 e. The van der Waals surface area contributed by atoms with Crippen molar-refractivity contribution in [3.05, 3.63) is 40.3 Å². The van der Waals surface area contributed by atoms with E-state index in [1.165, 1.54) is 4.68 Å². The summed E-state index contributed by atoms with van der Waals surface area (Å²) in [5.41, 5.74) is 0.530. The van der Waals surface area contributed by atoms with Crippen LogP contribution in [-0.4, -0.2) is 45.9 Å². The summed E-state index contributed by atoms with van der Waals surface area (Å²) in [7, 11) is 1.63. The van der Waals surface area contributed by atoms with E-state index >= 15 is 0 Å². The van der Waals surface area contributed by atoms with E-state index in [4.69, 9.17) is 4.74 Å². The molecule has 1 saturated heterocycles. The third-order valence-corrected chi connectivity index (χ3v) is 5.15. The fraction of sp³-hybridized carbons (Fsp3) is 0.500. The lowest BCUT2D eigenvalue weighted by Crippen LogP contribution is -2.51. The first kappa shape index (κ1) is 15.3. The summed E-state index contributed by atoms with van der Waals surface area (Å²) in [4.78, 5) is 27.1. The van der Waals surface area contributed by atoms with Crippen molar-refractivity contribution < 1.29 is 9.53 Å². The number of aryl methyl sites for hydroxylation is 1. The average molecular weight is 327 g/mol. The predicted octanol–water partition coefficient (Wildman–Crippen LogP) is 1.26. The van der Waals surface area contributed by atoms with Crippen molar-refractivity contribution in [2.24, 2.45) is 7.05 Å². The quantitative estimate of drug-likeness (QED) is 0.833. The number of benzene rings is 1. The Morgan fingerprint density at radius 2 is 2.08 bits per heavy atom. The van der Waals surface area contributed by atoms with Crippen LogP contribution in [0.4, 0.5) is 0 Å². The molecule has 6 nitrogen and oxygen atoms in total. The largest absolute Gasteiger partial charge is 0.374 e. The zero-order valence-corrected chi connectivity index (χ0v) is 13.8. The summed E-state index contributed by atoms with van der Waals surface area (Å²) < 4.78 is 7.10. The highest BCUT2D eigenvalue weighted by atomic mass is 16.5. The molecule has 24 heavy (non-hydrogen) atoms. The van der Waals surface area contributed by atoms with Crippen LogP contribution in [0.1, 0.15) is 25.0 Å². The van der Waals surface area contributed by atoms with E-state index in [0.29, 0.717) is 24.2 Å². The Bertz CT molecular complexity index is 845. The fourth-order valence-electron chi connectivity index (χ4n) is 3.99. The smallest absolute Gasteiger partial charge is 0.274 e. The van der Waals surface area contributed by atoms with E-state index in [9.17, 15) is 9.59 Å². The van der Waals surface area contributed by atoms with Crippen LogP contribution in [0.15, 0.2) is 29.1 Å². The summed E-state index contributed by atoms with van der Waals surface area (Å²) in [5.74, 6) is 0.0755. The molecular weight excluding hydrogens is 306 g/mol. The van der Waals surface area contributed by atoms with Gasteiger partial charge in [0.25, 0.3) is 5.56 Å². The lowest BCUT2D eigenvalue weighted by molar-refractivity contribution is -0.143. The molecule has 0 radical (unpaired) electrons. The number of rotatable bonds is 2. The molecule has 126 valence electrons. The number of fused-ring (bicyclic) bond motifs is 2. The minimum absolute atomic E-state index is 0.0755. The van der Waals surface area contributed by atoms with Gasteiger partial charge < -0.3 is 9.64 Å². The number of hydrogen-bond donors (Lipinski definition) is 0. The second kappa shape index (κ2) is 6.02. The number of carbonyl (C=O) groups is 1. The van der Waals surface area contributed by atoms with Crippen molar-refractivity contribution in [3.8, 4) is 0 Å². The SMILES string of the molecule is Cn1nc(CC(=O)N2CCO[C@H]3CCC[C@H]32)c2ccccc2c1=O.